The van der Waals surface area contributed by atoms with Crippen LogP contribution >= 0.6 is 0 Å². The lowest BCUT2D eigenvalue weighted by Crippen LogP contribution is -2.07. The number of carbonyl (C=O) groups is 1. The highest BCUT2D eigenvalue weighted by atomic mass is 16.1. The fourth-order valence-corrected chi connectivity index (χ4v) is 2.65. The molecule has 26 heavy (non-hydrogen) atoms. The predicted molar refractivity (Wildman–Crippen MR) is 103 cm³/mol. The molecule has 4 rings (SSSR count). The Bertz CT molecular complexity index is 1050. The van der Waals surface area contributed by atoms with Crippen LogP contribution in [-0.4, -0.2) is 20.3 Å². The predicted octanol–water partition coefficient (Wildman–Crippen LogP) is 4.05. The van der Waals surface area contributed by atoms with Gasteiger partial charge in [-0.3, -0.25) is 9.20 Å². The van der Waals surface area contributed by atoms with Gasteiger partial charge in [-0.05, 0) is 29.8 Å². The molecular formula is C21H16N4O. The molecule has 0 radical (unpaired) electrons. The minimum absolute atomic E-state index is 0.178. The fourth-order valence-electron chi connectivity index (χ4n) is 2.65. The largest absolute Gasteiger partial charge is 0.322 e. The molecule has 5 nitrogen and oxygen atoms in total. The van der Waals surface area contributed by atoms with E-state index in [0.29, 0.717) is 5.78 Å². The summed E-state index contributed by atoms with van der Waals surface area (Å²) in [6.45, 7) is 0. The second-order valence-corrected chi connectivity index (χ2v) is 5.77. The number of anilines is 1. The average Bonchev–Trinajstić information content (AvgIpc) is 3.12. The number of rotatable bonds is 4. The minimum Gasteiger partial charge on any atom is -0.322 e. The fraction of sp³-hybridized carbons (Fsp3) is 0. The van der Waals surface area contributed by atoms with Crippen LogP contribution in [0, 0.1) is 0 Å². The summed E-state index contributed by atoms with van der Waals surface area (Å²) in [6.07, 6.45) is 8.84. The van der Waals surface area contributed by atoms with Crippen LogP contribution in [0.1, 0.15) is 5.56 Å². The maximum Gasteiger partial charge on any atom is 0.248 e. The Morgan fingerprint density at radius 2 is 1.92 bits per heavy atom. The van der Waals surface area contributed by atoms with E-state index < -0.39 is 0 Å². The molecule has 0 atom stereocenters. The van der Waals surface area contributed by atoms with Gasteiger partial charge in [0.25, 0.3) is 0 Å². The highest BCUT2D eigenvalue weighted by Gasteiger charge is 2.06. The molecule has 0 fully saturated rings. The summed E-state index contributed by atoms with van der Waals surface area (Å²) in [7, 11) is 0. The Balaban J connectivity index is 1.52. The average molecular weight is 340 g/mol. The molecular weight excluding hydrogens is 324 g/mol. The molecule has 0 spiro atoms. The van der Waals surface area contributed by atoms with Crippen LogP contribution in [0.3, 0.4) is 0 Å². The van der Waals surface area contributed by atoms with Gasteiger partial charge >= 0.3 is 0 Å². The number of amides is 1. The summed E-state index contributed by atoms with van der Waals surface area (Å²) in [4.78, 5) is 20.9. The third kappa shape index (κ3) is 3.52. The van der Waals surface area contributed by atoms with Crippen molar-refractivity contribution in [2.75, 3.05) is 5.32 Å². The quantitative estimate of drug-likeness (QED) is 0.570. The molecule has 0 bridgehead atoms. The van der Waals surface area contributed by atoms with E-state index in [1.54, 1.807) is 12.3 Å². The summed E-state index contributed by atoms with van der Waals surface area (Å²) in [5.41, 5.74) is 3.42. The van der Waals surface area contributed by atoms with Crippen LogP contribution < -0.4 is 5.32 Å². The molecule has 2 aromatic heterocycles. The highest BCUT2D eigenvalue weighted by molar-refractivity contribution is 6.02. The van der Waals surface area contributed by atoms with Crippen molar-refractivity contribution in [3.63, 3.8) is 0 Å². The summed E-state index contributed by atoms with van der Waals surface area (Å²) in [5.74, 6) is 0.463. The van der Waals surface area contributed by atoms with Crippen LogP contribution in [0.2, 0.25) is 0 Å². The first-order valence-electron chi connectivity index (χ1n) is 8.22. The SMILES string of the molecule is O=C(C=Cc1ccccc1)Nc1cccc(-c2cn3cccnc3n2)c1. The number of hydrogen-bond acceptors (Lipinski definition) is 3. The molecule has 0 saturated heterocycles. The Labute approximate surface area is 150 Å². The zero-order valence-corrected chi connectivity index (χ0v) is 13.9. The molecule has 2 heterocycles. The molecule has 1 N–H and O–H groups in total. The second kappa shape index (κ2) is 7.03. The van der Waals surface area contributed by atoms with Gasteiger partial charge in [-0.15, -0.1) is 0 Å². The number of fused-ring (bicyclic) bond motifs is 1. The number of aromatic nitrogens is 3. The van der Waals surface area contributed by atoms with Gasteiger partial charge in [0.2, 0.25) is 11.7 Å². The molecule has 4 aromatic rings. The second-order valence-electron chi connectivity index (χ2n) is 5.77. The summed E-state index contributed by atoms with van der Waals surface area (Å²) in [6, 6.07) is 19.2. The van der Waals surface area contributed by atoms with E-state index in [0.717, 1.165) is 22.5 Å². The lowest BCUT2D eigenvalue weighted by molar-refractivity contribution is -0.111. The maximum absolute atomic E-state index is 12.1. The minimum atomic E-state index is -0.178. The van der Waals surface area contributed by atoms with Crippen molar-refractivity contribution in [1.82, 2.24) is 14.4 Å². The van der Waals surface area contributed by atoms with Crippen LogP contribution in [-0.2, 0) is 4.79 Å². The highest BCUT2D eigenvalue weighted by Crippen LogP contribution is 2.22. The third-order valence-electron chi connectivity index (χ3n) is 3.89. The van der Waals surface area contributed by atoms with E-state index in [4.69, 9.17) is 0 Å². The summed E-state index contributed by atoms with van der Waals surface area (Å²) < 4.78 is 1.86. The topological polar surface area (TPSA) is 59.3 Å². The summed E-state index contributed by atoms with van der Waals surface area (Å²) in [5, 5.41) is 2.88. The van der Waals surface area contributed by atoms with Crippen molar-refractivity contribution < 1.29 is 4.79 Å². The molecule has 0 aliphatic carbocycles. The van der Waals surface area contributed by atoms with E-state index in [-0.39, 0.29) is 5.91 Å². The maximum atomic E-state index is 12.1. The van der Waals surface area contributed by atoms with Crippen LogP contribution in [0.25, 0.3) is 23.1 Å². The number of nitrogens with one attached hydrogen (secondary N) is 1. The van der Waals surface area contributed by atoms with Gasteiger partial charge in [0.05, 0.1) is 5.69 Å². The Morgan fingerprint density at radius 1 is 1.04 bits per heavy atom. The van der Waals surface area contributed by atoms with Crippen molar-refractivity contribution in [2.45, 2.75) is 0 Å². The third-order valence-corrected chi connectivity index (χ3v) is 3.89. The van der Waals surface area contributed by atoms with E-state index in [9.17, 15) is 4.79 Å². The molecule has 5 heteroatoms. The number of hydrogen-bond donors (Lipinski definition) is 1. The smallest absolute Gasteiger partial charge is 0.248 e. The molecule has 0 unspecified atom stereocenters. The first-order chi connectivity index (χ1) is 12.8. The van der Waals surface area contributed by atoms with Gasteiger partial charge in [0.15, 0.2) is 0 Å². The number of imidazole rings is 1. The van der Waals surface area contributed by atoms with Crippen molar-refractivity contribution >= 4 is 23.4 Å². The zero-order chi connectivity index (χ0) is 17.8. The molecule has 0 aliphatic rings. The van der Waals surface area contributed by atoms with Gasteiger partial charge in [-0.1, -0.05) is 42.5 Å². The van der Waals surface area contributed by atoms with Crippen molar-refractivity contribution in [3.05, 3.63) is 90.9 Å². The van der Waals surface area contributed by atoms with Crippen LogP contribution in [0.4, 0.5) is 5.69 Å². The lowest BCUT2D eigenvalue weighted by atomic mass is 10.1. The van der Waals surface area contributed by atoms with E-state index in [2.05, 4.69) is 15.3 Å². The molecule has 0 aliphatic heterocycles. The van der Waals surface area contributed by atoms with Crippen molar-refractivity contribution in [1.29, 1.82) is 0 Å². The van der Waals surface area contributed by atoms with Gasteiger partial charge in [0.1, 0.15) is 0 Å². The zero-order valence-electron chi connectivity index (χ0n) is 13.9. The number of benzene rings is 2. The monoisotopic (exact) mass is 340 g/mol. The van der Waals surface area contributed by atoms with Gasteiger partial charge < -0.3 is 5.32 Å². The standard InChI is InChI=1S/C21H16N4O/c26-20(11-10-16-6-2-1-3-7-16)23-18-9-4-8-17(14-18)19-15-25-13-5-12-22-21(25)24-19/h1-15H,(H,23,26). The van der Waals surface area contributed by atoms with Gasteiger partial charge in [-0.25, -0.2) is 9.97 Å². The van der Waals surface area contributed by atoms with E-state index in [1.165, 1.54) is 6.08 Å². The first-order valence-corrected chi connectivity index (χ1v) is 8.22. The first kappa shape index (κ1) is 15.8. The molecule has 126 valence electrons. The Hall–Kier alpha value is -3.73. The van der Waals surface area contributed by atoms with Crippen LogP contribution in [0.15, 0.2) is 85.3 Å². The van der Waals surface area contributed by atoms with Crippen molar-refractivity contribution in [3.8, 4) is 11.3 Å². The normalized spacial score (nSPS) is 11.1. The number of carbonyl (C=O) groups excluding carboxylic acids is 1. The Morgan fingerprint density at radius 3 is 2.77 bits per heavy atom. The Kier molecular flexibility index (Phi) is 4.26. The van der Waals surface area contributed by atoms with E-state index in [1.807, 2.05) is 77.5 Å². The number of nitrogens with zero attached hydrogens (tertiary/aromatic N) is 3. The molecule has 2 aromatic carbocycles. The van der Waals surface area contributed by atoms with E-state index >= 15 is 0 Å². The molecule has 0 saturated carbocycles. The molecule has 1 amide bonds. The van der Waals surface area contributed by atoms with Gasteiger partial charge in [0, 0.05) is 35.9 Å². The van der Waals surface area contributed by atoms with Crippen LogP contribution in [0.5, 0.6) is 0 Å². The van der Waals surface area contributed by atoms with Gasteiger partial charge in [-0.2, -0.15) is 0 Å². The lowest BCUT2D eigenvalue weighted by Gasteiger charge is -2.04. The summed E-state index contributed by atoms with van der Waals surface area (Å²) >= 11 is 0. The van der Waals surface area contributed by atoms with Crippen molar-refractivity contribution in [2.24, 2.45) is 0 Å².